The molecule has 0 saturated heterocycles. The fourth-order valence-corrected chi connectivity index (χ4v) is 2.06. The molecule has 0 radical (unpaired) electrons. The van der Waals surface area contributed by atoms with E-state index >= 15 is 0 Å². The number of carbonyl (C=O) groups is 1. The van der Waals surface area contributed by atoms with Crippen LogP contribution in [0.4, 0.5) is 0 Å². The van der Waals surface area contributed by atoms with Crippen LogP contribution >= 0.6 is 15.9 Å². The van der Waals surface area contributed by atoms with Crippen LogP contribution in [0.15, 0.2) is 28.9 Å². The first-order chi connectivity index (χ1) is 7.58. The minimum Gasteiger partial charge on any atom is -0.477 e. The van der Waals surface area contributed by atoms with Crippen molar-refractivity contribution in [1.82, 2.24) is 9.97 Å². The van der Waals surface area contributed by atoms with Gasteiger partial charge < -0.3 is 10.1 Å². The van der Waals surface area contributed by atoms with Gasteiger partial charge in [-0.3, -0.25) is 0 Å². The van der Waals surface area contributed by atoms with Crippen molar-refractivity contribution in [2.75, 3.05) is 0 Å². The van der Waals surface area contributed by atoms with Gasteiger partial charge in [0.25, 0.3) is 0 Å². The number of aromatic amines is 1. The van der Waals surface area contributed by atoms with E-state index in [1.807, 2.05) is 25.1 Å². The molecule has 1 heterocycles. The van der Waals surface area contributed by atoms with E-state index in [1.165, 1.54) is 6.20 Å². The van der Waals surface area contributed by atoms with Crippen LogP contribution in [0.5, 0.6) is 0 Å². The highest BCUT2D eigenvalue weighted by atomic mass is 79.9. The van der Waals surface area contributed by atoms with Crippen LogP contribution in [-0.2, 0) is 0 Å². The number of rotatable bonds is 2. The zero-order chi connectivity index (χ0) is 11.7. The molecule has 0 spiro atoms. The molecule has 0 atom stereocenters. The second-order valence-corrected chi connectivity index (χ2v) is 4.29. The maximum atomic E-state index is 10.7. The molecule has 1 aromatic carbocycles. The summed E-state index contributed by atoms with van der Waals surface area (Å²) in [7, 11) is 0. The van der Waals surface area contributed by atoms with E-state index in [4.69, 9.17) is 5.11 Å². The maximum absolute atomic E-state index is 10.7. The zero-order valence-electron chi connectivity index (χ0n) is 8.49. The smallest absolute Gasteiger partial charge is 0.353 e. The number of nitrogens with one attached hydrogen (secondary N) is 1. The van der Waals surface area contributed by atoms with E-state index < -0.39 is 5.97 Å². The van der Waals surface area contributed by atoms with Gasteiger partial charge in [0.2, 0.25) is 0 Å². The van der Waals surface area contributed by atoms with Crippen LogP contribution in [0, 0.1) is 6.92 Å². The standard InChI is InChI=1S/C11H9BrN2O2/c1-6-2-3-7(8(12)4-6)10-13-5-9(14-10)11(15)16/h2-5H,1H3,(H,13,14)(H,15,16). The van der Waals surface area contributed by atoms with Gasteiger partial charge in [0, 0.05) is 10.0 Å². The Hall–Kier alpha value is -1.62. The van der Waals surface area contributed by atoms with Crippen molar-refractivity contribution in [2.24, 2.45) is 0 Å². The summed E-state index contributed by atoms with van der Waals surface area (Å²) in [5.74, 6) is -0.466. The SMILES string of the molecule is Cc1ccc(-c2ncc(C(=O)O)[nH]2)c(Br)c1. The molecule has 0 aliphatic carbocycles. The highest BCUT2D eigenvalue weighted by Gasteiger charge is 2.10. The Bertz CT molecular complexity index is 549. The van der Waals surface area contributed by atoms with Crippen molar-refractivity contribution in [3.05, 3.63) is 40.1 Å². The van der Waals surface area contributed by atoms with Gasteiger partial charge in [-0.2, -0.15) is 0 Å². The Morgan fingerprint density at radius 1 is 1.50 bits per heavy atom. The van der Waals surface area contributed by atoms with Crippen molar-refractivity contribution < 1.29 is 9.90 Å². The fourth-order valence-electron chi connectivity index (χ4n) is 1.38. The average molecular weight is 281 g/mol. The van der Waals surface area contributed by atoms with Gasteiger partial charge in [0.05, 0.1) is 6.20 Å². The van der Waals surface area contributed by atoms with Crippen molar-refractivity contribution in [1.29, 1.82) is 0 Å². The highest BCUT2D eigenvalue weighted by molar-refractivity contribution is 9.10. The Morgan fingerprint density at radius 3 is 2.81 bits per heavy atom. The first-order valence-corrected chi connectivity index (χ1v) is 5.42. The molecule has 2 aromatic rings. The number of aromatic nitrogens is 2. The summed E-state index contributed by atoms with van der Waals surface area (Å²) in [6.45, 7) is 1.99. The lowest BCUT2D eigenvalue weighted by Gasteiger charge is -2.01. The monoisotopic (exact) mass is 280 g/mol. The number of nitrogens with zero attached hydrogens (tertiary/aromatic N) is 1. The summed E-state index contributed by atoms with van der Waals surface area (Å²) < 4.78 is 0.888. The molecule has 16 heavy (non-hydrogen) atoms. The fraction of sp³-hybridized carbons (Fsp3) is 0.0909. The summed E-state index contributed by atoms with van der Waals surface area (Å²) in [5, 5.41) is 8.78. The second kappa shape index (κ2) is 4.09. The molecule has 0 bridgehead atoms. The van der Waals surface area contributed by atoms with E-state index in [-0.39, 0.29) is 5.69 Å². The molecular formula is C11H9BrN2O2. The molecule has 0 unspecified atom stereocenters. The van der Waals surface area contributed by atoms with Crippen LogP contribution < -0.4 is 0 Å². The number of benzene rings is 1. The Labute approximate surface area is 100 Å². The number of carboxylic acids is 1. The molecule has 82 valence electrons. The van der Waals surface area contributed by atoms with Crippen LogP contribution in [0.3, 0.4) is 0 Å². The van der Waals surface area contributed by atoms with E-state index in [0.717, 1.165) is 15.6 Å². The quantitative estimate of drug-likeness (QED) is 0.889. The Balaban J connectivity index is 2.46. The predicted octanol–water partition coefficient (Wildman–Crippen LogP) is 2.85. The van der Waals surface area contributed by atoms with Crippen LogP contribution in [0.25, 0.3) is 11.4 Å². The molecule has 2 N–H and O–H groups in total. The van der Waals surface area contributed by atoms with Gasteiger partial charge >= 0.3 is 5.97 Å². The normalized spacial score (nSPS) is 10.4. The first kappa shape index (κ1) is 10.9. The summed E-state index contributed by atoms with van der Waals surface area (Å²) in [6, 6.07) is 5.80. The molecule has 0 aliphatic rings. The number of H-pyrrole nitrogens is 1. The highest BCUT2D eigenvalue weighted by Crippen LogP contribution is 2.26. The minimum atomic E-state index is -1.01. The first-order valence-electron chi connectivity index (χ1n) is 4.63. The number of carboxylic acid groups (broad SMARTS) is 1. The number of aromatic carboxylic acids is 1. The molecular weight excluding hydrogens is 272 g/mol. The van der Waals surface area contributed by atoms with Crippen molar-refractivity contribution >= 4 is 21.9 Å². The number of hydrogen-bond donors (Lipinski definition) is 2. The van der Waals surface area contributed by atoms with E-state index in [0.29, 0.717) is 5.82 Å². The molecule has 2 rings (SSSR count). The summed E-state index contributed by atoms with van der Waals surface area (Å²) in [5.41, 5.74) is 2.06. The van der Waals surface area contributed by atoms with Gasteiger partial charge in [-0.1, -0.05) is 22.0 Å². The van der Waals surface area contributed by atoms with Gasteiger partial charge in [0.15, 0.2) is 0 Å². The molecule has 5 heteroatoms. The van der Waals surface area contributed by atoms with E-state index in [2.05, 4.69) is 25.9 Å². The molecule has 4 nitrogen and oxygen atoms in total. The number of halogens is 1. The van der Waals surface area contributed by atoms with Gasteiger partial charge in [-0.05, 0) is 24.6 Å². The molecule has 0 fully saturated rings. The Kier molecular flexibility index (Phi) is 2.78. The third-order valence-corrected chi connectivity index (χ3v) is 2.84. The number of aryl methyl sites for hydroxylation is 1. The minimum absolute atomic E-state index is 0.0856. The summed E-state index contributed by atoms with van der Waals surface area (Å²) >= 11 is 3.42. The lowest BCUT2D eigenvalue weighted by atomic mass is 10.1. The molecule has 0 amide bonds. The molecule has 1 aromatic heterocycles. The topological polar surface area (TPSA) is 66.0 Å². The van der Waals surface area contributed by atoms with Gasteiger partial charge in [-0.25, -0.2) is 9.78 Å². The maximum Gasteiger partial charge on any atom is 0.353 e. The summed E-state index contributed by atoms with van der Waals surface area (Å²) in [4.78, 5) is 17.5. The third-order valence-electron chi connectivity index (χ3n) is 2.19. The molecule has 0 aliphatic heterocycles. The van der Waals surface area contributed by atoms with Crippen LogP contribution in [0.1, 0.15) is 16.1 Å². The predicted molar refractivity (Wildman–Crippen MR) is 63.4 cm³/mol. The summed E-state index contributed by atoms with van der Waals surface area (Å²) in [6.07, 6.45) is 1.31. The average Bonchev–Trinajstić information content (AvgIpc) is 2.66. The lowest BCUT2D eigenvalue weighted by Crippen LogP contribution is -1.95. The van der Waals surface area contributed by atoms with Gasteiger partial charge in [-0.15, -0.1) is 0 Å². The lowest BCUT2D eigenvalue weighted by molar-refractivity contribution is 0.0691. The van der Waals surface area contributed by atoms with Crippen LogP contribution in [0.2, 0.25) is 0 Å². The van der Waals surface area contributed by atoms with Crippen LogP contribution in [-0.4, -0.2) is 21.0 Å². The largest absolute Gasteiger partial charge is 0.477 e. The van der Waals surface area contributed by atoms with Crippen molar-refractivity contribution in [2.45, 2.75) is 6.92 Å². The van der Waals surface area contributed by atoms with Crippen molar-refractivity contribution in [3.63, 3.8) is 0 Å². The van der Waals surface area contributed by atoms with Crippen molar-refractivity contribution in [3.8, 4) is 11.4 Å². The van der Waals surface area contributed by atoms with E-state index in [9.17, 15) is 4.79 Å². The van der Waals surface area contributed by atoms with E-state index in [1.54, 1.807) is 0 Å². The molecule has 0 saturated carbocycles. The third kappa shape index (κ3) is 1.99. The second-order valence-electron chi connectivity index (χ2n) is 3.43. The zero-order valence-corrected chi connectivity index (χ0v) is 10.1. The number of imidazole rings is 1. The Morgan fingerprint density at radius 2 is 2.25 bits per heavy atom. The van der Waals surface area contributed by atoms with Gasteiger partial charge in [0.1, 0.15) is 11.5 Å². The number of hydrogen-bond acceptors (Lipinski definition) is 2.